The molecule has 1 atom stereocenters. The third kappa shape index (κ3) is 4.49. The molecule has 0 fully saturated rings. The molecule has 3 rings (SSSR count). The number of hydrogen-bond donors (Lipinski definition) is 1. The van der Waals surface area contributed by atoms with Crippen LogP contribution in [-0.2, 0) is 12.8 Å². The van der Waals surface area contributed by atoms with E-state index < -0.39 is 17.7 Å². The van der Waals surface area contributed by atoms with Gasteiger partial charge in [-0.15, -0.1) is 0 Å². The van der Waals surface area contributed by atoms with Crippen LogP contribution < -0.4 is 5.73 Å². The lowest BCUT2D eigenvalue weighted by Gasteiger charge is -2.17. The van der Waals surface area contributed by atoms with Gasteiger partial charge in [0.05, 0.1) is 11.7 Å². The first-order valence-electron chi connectivity index (χ1n) is 9.22. The molecule has 3 aromatic rings. The minimum atomic E-state index is -0.609. The van der Waals surface area contributed by atoms with Gasteiger partial charge in [-0.1, -0.05) is 25.1 Å². The van der Waals surface area contributed by atoms with Gasteiger partial charge in [-0.25, -0.2) is 8.78 Å². The Kier molecular flexibility index (Phi) is 6.26. The molecular weight excluding hydrogens is 356 g/mol. The Morgan fingerprint density at radius 3 is 2.54 bits per heavy atom. The Morgan fingerprint density at radius 2 is 1.86 bits per heavy atom. The fourth-order valence-corrected chi connectivity index (χ4v) is 3.38. The number of benzene rings is 2. The lowest BCUT2D eigenvalue weighted by Crippen LogP contribution is -2.16. The summed E-state index contributed by atoms with van der Waals surface area (Å²) in [6.07, 6.45) is 4.72. The Hall–Kier alpha value is -2.92. The number of nitrogens with two attached hydrogens (primary N) is 1. The number of aromatic nitrogens is 1. The van der Waals surface area contributed by atoms with E-state index in [4.69, 9.17) is 5.73 Å². The Labute approximate surface area is 164 Å². The molecule has 0 saturated heterocycles. The summed E-state index contributed by atoms with van der Waals surface area (Å²) in [5, 5.41) is 0. The lowest BCUT2D eigenvalue weighted by atomic mass is 9.93. The van der Waals surface area contributed by atoms with Crippen molar-refractivity contribution in [1.29, 1.82) is 0 Å². The number of aryl methyl sites for hydroxylation is 1. The quantitative estimate of drug-likeness (QED) is 0.621. The smallest absolute Gasteiger partial charge is 0.126 e. The molecule has 0 amide bonds. The van der Waals surface area contributed by atoms with Gasteiger partial charge in [0, 0.05) is 31.1 Å². The molecule has 2 aromatic carbocycles. The monoisotopic (exact) mass is 379 g/mol. The van der Waals surface area contributed by atoms with Gasteiger partial charge in [-0.05, 0) is 59.4 Å². The second-order valence-electron chi connectivity index (χ2n) is 6.68. The summed E-state index contributed by atoms with van der Waals surface area (Å²) < 4.78 is 27.0. The SMILES string of the molecule is CCc1ccc(-c2cccnc2C(N)Cc2cc(F)cc(F)c2)cc1C=NC. The van der Waals surface area contributed by atoms with Crippen molar-refractivity contribution in [2.45, 2.75) is 25.8 Å². The molecule has 1 unspecified atom stereocenters. The second kappa shape index (κ2) is 8.85. The number of pyridine rings is 1. The molecule has 1 aromatic heterocycles. The van der Waals surface area contributed by atoms with Crippen molar-refractivity contribution < 1.29 is 8.78 Å². The van der Waals surface area contributed by atoms with Crippen molar-refractivity contribution >= 4 is 6.21 Å². The standard InChI is InChI=1S/C23H23F2N3/c1-3-16-6-7-17(12-18(16)14-27-2)21-5-4-8-28-23(21)22(26)11-15-9-19(24)13-20(25)10-15/h4-10,12-14,22H,3,11,26H2,1-2H3. The molecule has 0 spiro atoms. The Morgan fingerprint density at radius 1 is 1.11 bits per heavy atom. The van der Waals surface area contributed by atoms with E-state index in [1.165, 1.54) is 17.7 Å². The van der Waals surface area contributed by atoms with E-state index in [0.717, 1.165) is 29.2 Å². The van der Waals surface area contributed by atoms with Crippen molar-refractivity contribution in [2.75, 3.05) is 7.05 Å². The highest BCUT2D eigenvalue weighted by atomic mass is 19.1. The van der Waals surface area contributed by atoms with Crippen molar-refractivity contribution in [3.63, 3.8) is 0 Å². The summed E-state index contributed by atoms with van der Waals surface area (Å²) in [7, 11) is 1.75. The summed E-state index contributed by atoms with van der Waals surface area (Å²) in [5.74, 6) is -1.22. The zero-order valence-electron chi connectivity index (χ0n) is 16.0. The molecule has 144 valence electrons. The van der Waals surface area contributed by atoms with Crippen LogP contribution in [0.15, 0.2) is 59.7 Å². The van der Waals surface area contributed by atoms with E-state index in [2.05, 4.69) is 29.0 Å². The Bertz CT molecular complexity index is 979. The van der Waals surface area contributed by atoms with Crippen LogP contribution in [0, 0.1) is 11.6 Å². The largest absolute Gasteiger partial charge is 0.322 e. The number of nitrogens with zero attached hydrogens (tertiary/aromatic N) is 2. The lowest BCUT2D eigenvalue weighted by molar-refractivity contribution is 0.576. The molecular formula is C23H23F2N3. The Balaban J connectivity index is 1.98. The predicted octanol–water partition coefficient (Wildman–Crippen LogP) is 4.88. The van der Waals surface area contributed by atoms with Crippen molar-refractivity contribution in [3.05, 3.63) is 88.7 Å². The fourth-order valence-electron chi connectivity index (χ4n) is 3.38. The molecule has 28 heavy (non-hydrogen) atoms. The van der Waals surface area contributed by atoms with Crippen LogP contribution in [-0.4, -0.2) is 18.2 Å². The molecule has 0 bridgehead atoms. The van der Waals surface area contributed by atoms with Gasteiger partial charge in [0.15, 0.2) is 0 Å². The van der Waals surface area contributed by atoms with Crippen LogP contribution >= 0.6 is 0 Å². The summed E-state index contributed by atoms with van der Waals surface area (Å²) >= 11 is 0. The molecule has 2 N–H and O–H groups in total. The maximum absolute atomic E-state index is 13.5. The average molecular weight is 379 g/mol. The van der Waals surface area contributed by atoms with E-state index in [9.17, 15) is 8.78 Å². The second-order valence-corrected chi connectivity index (χ2v) is 6.68. The number of halogens is 2. The first kappa shape index (κ1) is 19.8. The average Bonchev–Trinajstić information content (AvgIpc) is 2.67. The number of hydrogen-bond acceptors (Lipinski definition) is 3. The fraction of sp³-hybridized carbons (Fsp3) is 0.217. The summed E-state index contributed by atoms with van der Waals surface area (Å²) in [6.45, 7) is 2.10. The number of rotatable bonds is 6. The molecule has 5 heteroatoms. The van der Waals surface area contributed by atoms with Crippen LogP contribution in [0.2, 0.25) is 0 Å². The van der Waals surface area contributed by atoms with Crippen molar-refractivity contribution in [3.8, 4) is 11.1 Å². The number of aliphatic imine (C=N–C) groups is 1. The highest BCUT2D eigenvalue weighted by molar-refractivity contribution is 5.85. The maximum Gasteiger partial charge on any atom is 0.126 e. The van der Waals surface area contributed by atoms with E-state index in [-0.39, 0.29) is 6.42 Å². The van der Waals surface area contributed by atoms with E-state index >= 15 is 0 Å². The first-order chi connectivity index (χ1) is 13.5. The molecule has 0 aliphatic rings. The van der Waals surface area contributed by atoms with Gasteiger partial charge in [-0.2, -0.15) is 0 Å². The summed E-state index contributed by atoms with van der Waals surface area (Å²) in [6, 6.07) is 13.0. The zero-order chi connectivity index (χ0) is 20.1. The molecule has 1 heterocycles. The van der Waals surface area contributed by atoms with E-state index in [0.29, 0.717) is 11.3 Å². The third-order valence-electron chi connectivity index (χ3n) is 4.67. The normalized spacial score (nSPS) is 12.5. The van der Waals surface area contributed by atoms with Gasteiger partial charge in [0.25, 0.3) is 0 Å². The van der Waals surface area contributed by atoms with Crippen LogP contribution in [0.1, 0.15) is 35.3 Å². The highest BCUT2D eigenvalue weighted by Crippen LogP contribution is 2.29. The van der Waals surface area contributed by atoms with Gasteiger partial charge >= 0.3 is 0 Å². The summed E-state index contributed by atoms with van der Waals surface area (Å²) in [5.41, 5.74) is 11.7. The summed E-state index contributed by atoms with van der Waals surface area (Å²) in [4.78, 5) is 8.61. The van der Waals surface area contributed by atoms with Crippen molar-refractivity contribution in [1.82, 2.24) is 4.98 Å². The minimum Gasteiger partial charge on any atom is -0.322 e. The molecule has 0 saturated carbocycles. The first-order valence-corrected chi connectivity index (χ1v) is 9.22. The van der Waals surface area contributed by atoms with Crippen LogP contribution in [0.25, 0.3) is 11.1 Å². The van der Waals surface area contributed by atoms with E-state index in [1.54, 1.807) is 13.2 Å². The van der Waals surface area contributed by atoms with Gasteiger partial charge in [0.1, 0.15) is 11.6 Å². The predicted molar refractivity (Wildman–Crippen MR) is 110 cm³/mol. The molecule has 0 aliphatic carbocycles. The van der Waals surface area contributed by atoms with Crippen molar-refractivity contribution in [2.24, 2.45) is 10.7 Å². The highest BCUT2D eigenvalue weighted by Gasteiger charge is 2.16. The van der Waals surface area contributed by atoms with Crippen LogP contribution in [0.3, 0.4) is 0 Å². The topological polar surface area (TPSA) is 51.3 Å². The molecule has 0 aliphatic heterocycles. The molecule has 3 nitrogen and oxygen atoms in total. The minimum absolute atomic E-state index is 0.287. The van der Waals surface area contributed by atoms with Crippen LogP contribution in [0.4, 0.5) is 8.78 Å². The van der Waals surface area contributed by atoms with Gasteiger partial charge in [0.2, 0.25) is 0 Å². The van der Waals surface area contributed by atoms with Gasteiger partial charge in [-0.3, -0.25) is 9.98 Å². The maximum atomic E-state index is 13.5. The van der Waals surface area contributed by atoms with Gasteiger partial charge < -0.3 is 5.73 Å². The van der Waals surface area contributed by atoms with E-state index in [1.807, 2.05) is 24.4 Å². The zero-order valence-corrected chi connectivity index (χ0v) is 16.0. The molecule has 0 radical (unpaired) electrons. The van der Waals surface area contributed by atoms with Crippen LogP contribution in [0.5, 0.6) is 0 Å². The third-order valence-corrected chi connectivity index (χ3v) is 4.67.